The van der Waals surface area contributed by atoms with Crippen molar-refractivity contribution in [2.24, 2.45) is 5.84 Å². The molecular formula is C7H10N4. The molecule has 0 saturated heterocycles. The van der Waals surface area contributed by atoms with Crippen molar-refractivity contribution in [3.8, 4) is 0 Å². The van der Waals surface area contributed by atoms with Gasteiger partial charge >= 0.3 is 0 Å². The molecule has 0 amide bonds. The van der Waals surface area contributed by atoms with Gasteiger partial charge in [-0.15, -0.1) is 0 Å². The van der Waals surface area contributed by atoms with E-state index < -0.39 is 0 Å². The van der Waals surface area contributed by atoms with Crippen LogP contribution in [0.15, 0.2) is 18.6 Å². The van der Waals surface area contributed by atoms with E-state index in [2.05, 4.69) is 15.4 Å². The van der Waals surface area contributed by atoms with Gasteiger partial charge in [-0.05, 0) is 13.0 Å². The number of nitrogen functional groups attached to an aromatic ring is 1. The minimum atomic E-state index is 0.727. The Morgan fingerprint density at radius 3 is 3.09 bits per heavy atom. The molecule has 4 nitrogen and oxygen atoms in total. The number of allylic oxidation sites excluding steroid dienone is 1. The van der Waals surface area contributed by atoms with Crippen LogP contribution < -0.4 is 11.3 Å². The maximum absolute atomic E-state index is 5.22. The summed E-state index contributed by atoms with van der Waals surface area (Å²) in [7, 11) is 0. The highest BCUT2D eigenvalue weighted by atomic mass is 15.2. The van der Waals surface area contributed by atoms with Crippen molar-refractivity contribution < 1.29 is 0 Å². The van der Waals surface area contributed by atoms with Crippen LogP contribution in [0.4, 0.5) is 5.69 Å². The number of nitrogens with two attached hydrogens (primary N) is 1. The second kappa shape index (κ2) is 3.68. The van der Waals surface area contributed by atoms with Crippen LogP contribution in [0.2, 0.25) is 0 Å². The summed E-state index contributed by atoms with van der Waals surface area (Å²) in [6, 6.07) is 0. The molecule has 11 heavy (non-hydrogen) atoms. The number of hydrazine groups is 1. The van der Waals surface area contributed by atoms with Crippen molar-refractivity contribution in [3.05, 3.63) is 24.3 Å². The highest BCUT2D eigenvalue weighted by Gasteiger charge is 1.95. The molecule has 0 aliphatic rings. The van der Waals surface area contributed by atoms with E-state index in [1.54, 1.807) is 6.20 Å². The average molecular weight is 150 g/mol. The number of nitrogens with zero attached hydrogens (tertiary/aromatic N) is 2. The van der Waals surface area contributed by atoms with Crippen molar-refractivity contribution in [3.63, 3.8) is 0 Å². The maximum atomic E-state index is 5.22. The quantitative estimate of drug-likeness (QED) is 0.483. The minimum Gasteiger partial charge on any atom is -0.321 e. The maximum Gasteiger partial charge on any atom is 0.116 e. The van der Waals surface area contributed by atoms with Crippen LogP contribution in [0.5, 0.6) is 0 Å². The fourth-order valence-electron chi connectivity index (χ4n) is 0.741. The van der Waals surface area contributed by atoms with E-state index in [-0.39, 0.29) is 0 Å². The zero-order valence-electron chi connectivity index (χ0n) is 6.28. The number of hydrogen-bond donors (Lipinski definition) is 2. The van der Waals surface area contributed by atoms with Crippen molar-refractivity contribution in [2.45, 2.75) is 6.92 Å². The van der Waals surface area contributed by atoms with Gasteiger partial charge in [0.1, 0.15) is 6.33 Å². The van der Waals surface area contributed by atoms with Crippen molar-refractivity contribution in [1.29, 1.82) is 0 Å². The normalized spacial score (nSPS) is 10.4. The number of aromatic nitrogens is 2. The standard InChI is InChI=1S/C7H10N4/c1-2-3-6-7(11-8)4-9-5-10-6/h2-5,11H,8H2,1H3/b3-2-. The highest BCUT2D eigenvalue weighted by Crippen LogP contribution is 2.09. The zero-order chi connectivity index (χ0) is 8.10. The number of rotatable bonds is 2. The van der Waals surface area contributed by atoms with E-state index >= 15 is 0 Å². The Balaban J connectivity index is 3.02. The van der Waals surface area contributed by atoms with Crippen LogP contribution in [-0.4, -0.2) is 9.97 Å². The monoisotopic (exact) mass is 150 g/mol. The summed E-state index contributed by atoms with van der Waals surface area (Å²) in [6.07, 6.45) is 6.86. The Hall–Kier alpha value is -1.42. The molecule has 0 fully saturated rings. The van der Waals surface area contributed by atoms with Gasteiger partial charge in [0, 0.05) is 0 Å². The molecule has 4 heteroatoms. The molecule has 58 valence electrons. The topological polar surface area (TPSA) is 63.8 Å². The fourth-order valence-corrected chi connectivity index (χ4v) is 0.741. The van der Waals surface area contributed by atoms with Crippen LogP contribution in [-0.2, 0) is 0 Å². The zero-order valence-corrected chi connectivity index (χ0v) is 6.28. The summed E-state index contributed by atoms with van der Waals surface area (Å²) < 4.78 is 0. The lowest BCUT2D eigenvalue weighted by Crippen LogP contribution is -2.09. The molecule has 1 aromatic heterocycles. The largest absolute Gasteiger partial charge is 0.321 e. The number of hydrogen-bond acceptors (Lipinski definition) is 4. The summed E-state index contributed by atoms with van der Waals surface area (Å²) in [5, 5.41) is 0. The van der Waals surface area contributed by atoms with Gasteiger partial charge in [0.15, 0.2) is 0 Å². The molecule has 0 aliphatic carbocycles. The molecule has 0 unspecified atom stereocenters. The van der Waals surface area contributed by atoms with Crippen molar-refractivity contribution >= 4 is 11.8 Å². The van der Waals surface area contributed by atoms with Gasteiger partial charge in [-0.25, -0.2) is 9.97 Å². The summed E-state index contributed by atoms with van der Waals surface area (Å²) in [6.45, 7) is 1.92. The van der Waals surface area contributed by atoms with E-state index in [1.807, 2.05) is 19.1 Å². The van der Waals surface area contributed by atoms with E-state index in [0.29, 0.717) is 0 Å². The van der Waals surface area contributed by atoms with Crippen LogP contribution in [0.25, 0.3) is 6.08 Å². The van der Waals surface area contributed by atoms with Crippen molar-refractivity contribution in [2.75, 3.05) is 5.43 Å². The third-order valence-corrected chi connectivity index (χ3v) is 1.22. The SMILES string of the molecule is C/C=C\c1ncncc1NN. The first-order valence-electron chi connectivity index (χ1n) is 3.27. The highest BCUT2D eigenvalue weighted by molar-refractivity contribution is 5.60. The van der Waals surface area contributed by atoms with Crippen LogP contribution in [0, 0.1) is 0 Å². The molecule has 0 spiro atoms. The lowest BCUT2D eigenvalue weighted by atomic mass is 10.3. The van der Waals surface area contributed by atoms with Gasteiger partial charge in [-0.3, -0.25) is 5.84 Å². The second-order valence-electron chi connectivity index (χ2n) is 1.97. The van der Waals surface area contributed by atoms with Gasteiger partial charge in [0.2, 0.25) is 0 Å². The first kappa shape index (κ1) is 7.68. The molecule has 0 saturated carbocycles. The predicted octanol–water partition coefficient (Wildman–Crippen LogP) is 0.795. The number of anilines is 1. The Morgan fingerprint density at radius 1 is 1.64 bits per heavy atom. The van der Waals surface area contributed by atoms with E-state index in [4.69, 9.17) is 5.84 Å². The lowest BCUT2D eigenvalue weighted by molar-refractivity contribution is 1.13. The molecule has 0 bridgehead atoms. The molecule has 0 radical (unpaired) electrons. The Labute approximate surface area is 65.1 Å². The molecule has 1 aromatic rings. The van der Waals surface area contributed by atoms with Crippen LogP contribution in [0.3, 0.4) is 0 Å². The molecule has 3 N–H and O–H groups in total. The lowest BCUT2D eigenvalue weighted by Gasteiger charge is -2.00. The first-order chi connectivity index (χ1) is 5.38. The first-order valence-corrected chi connectivity index (χ1v) is 3.27. The molecular weight excluding hydrogens is 140 g/mol. The fraction of sp³-hybridized carbons (Fsp3) is 0.143. The summed E-state index contributed by atoms with van der Waals surface area (Å²) in [5.41, 5.74) is 4.03. The van der Waals surface area contributed by atoms with Crippen LogP contribution >= 0.6 is 0 Å². The number of nitrogens with one attached hydrogen (secondary N) is 1. The van der Waals surface area contributed by atoms with E-state index in [0.717, 1.165) is 11.4 Å². The van der Waals surface area contributed by atoms with E-state index in [9.17, 15) is 0 Å². The van der Waals surface area contributed by atoms with Gasteiger partial charge in [-0.2, -0.15) is 0 Å². The summed E-state index contributed by atoms with van der Waals surface area (Å²) in [5.74, 6) is 5.22. The minimum absolute atomic E-state index is 0.727. The third-order valence-electron chi connectivity index (χ3n) is 1.22. The van der Waals surface area contributed by atoms with E-state index in [1.165, 1.54) is 6.33 Å². The summed E-state index contributed by atoms with van der Waals surface area (Å²) in [4.78, 5) is 7.81. The van der Waals surface area contributed by atoms with Crippen molar-refractivity contribution in [1.82, 2.24) is 9.97 Å². The van der Waals surface area contributed by atoms with Gasteiger partial charge in [0.25, 0.3) is 0 Å². The Kier molecular flexibility index (Phi) is 2.57. The van der Waals surface area contributed by atoms with Gasteiger partial charge in [0.05, 0.1) is 17.6 Å². The van der Waals surface area contributed by atoms with Crippen LogP contribution in [0.1, 0.15) is 12.6 Å². The Bertz CT molecular complexity index is 256. The van der Waals surface area contributed by atoms with Gasteiger partial charge < -0.3 is 5.43 Å². The smallest absolute Gasteiger partial charge is 0.116 e. The molecule has 1 rings (SSSR count). The third kappa shape index (κ3) is 1.75. The molecule has 0 aliphatic heterocycles. The van der Waals surface area contributed by atoms with Gasteiger partial charge in [-0.1, -0.05) is 6.08 Å². The predicted molar refractivity (Wildman–Crippen MR) is 44.6 cm³/mol. The Morgan fingerprint density at radius 2 is 2.45 bits per heavy atom. The summed E-state index contributed by atoms with van der Waals surface area (Å²) >= 11 is 0. The molecule has 1 heterocycles. The molecule has 0 aromatic carbocycles. The molecule has 0 atom stereocenters. The second-order valence-corrected chi connectivity index (χ2v) is 1.97. The average Bonchev–Trinajstić information content (AvgIpc) is 2.06.